The number of benzene rings is 3. The van der Waals surface area contributed by atoms with E-state index in [1.54, 1.807) is 30.3 Å². The highest BCUT2D eigenvalue weighted by atomic mass is 79.9. The van der Waals surface area contributed by atoms with Crippen molar-refractivity contribution in [1.29, 1.82) is 0 Å². The number of H-pyrrole nitrogens is 1. The third kappa shape index (κ3) is 3.75. The van der Waals surface area contributed by atoms with Crippen LogP contribution in [0.4, 0.5) is 0 Å². The number of rotatable bonds is 4. The molecule has 0 aliphatic heterocycles. The fraction of sp³-hybridized carbons (Fsp3) is 0.0417. The number of aromatic amines is 1. The van der Waals surface area contributed by atoms with Crippen LogP contribution in [0, 0.1) is 0 Å². The van der Waals surface area contributed by atoms with Gasteiger partial charge in [0.1, 0.15) is 16.9 Å². The number of carbonyl (C=O) groups is 1. The van der Waals surface area contributed by atoms with Crippen molar-refractivity contribution in [3.05, 3.63) is 98.7 Å². The van der Waals surface area contributed by atoms with E-state index in [0.717, 1.165) is 15.4 Å². The number of hydrogen-bond donors (Lipinski definition) is 2. The maximum Gasteiger partial charge on any atom is 0.294 e. The second-order valence-electron chi connectivity index (χ2n) is 7.08. The van der Waals surface area contributed by atoms with Gasteiger partial charge in [-0.2, -0.15) is 0 Å². The summed E-state index contributed by atoms with van der Waals surface area (Å²) >= 11 is 3.44. The van der Waals surface area contributed by atoms with Crippen LogP contribution in [0.2, 0.25) is 0 Å². The topological polar surface area (TPSA) is 88.0 Å². The van der Waals surface area contributed by atoms with Gasteiger partial charge in [-0.15, -0.1) is 0 Å². The number of fused-ring (bicyclic) bond motifs is 3. The minimum atomic E-state index is -0.369. The molecule has 0 atom stereocenters. The van der Waals surface area contributed by atoms with Crippen molar-refractivity contribution >= 4 is 43.9 Å². The number of aromatic nitrogens is 2. The van der Waals surface area contributed by atoms with Crippen LogP contribution in [-0.4, -0.2) is 15.9 Å². The first-order valence-electron chi connectivity index (χ1n) is 9.63. The molecule has 152 valence electrons. The monoisotopic (exact) mass is 473 g/mol. The zero-order valence-electron chi connectivity index (χ0n) is 16.2. The first kappa shape index (κ1) is 19.3. The van der Waals surface area contributed by atoms with Crippen LogP contribution in [0.1, 0.15) is 15.9 Å². The van der Waals surface area contributed by atoms with Crippen molar-refractivity contribution in [3.8, 4) is 11.4 Å². The van der Waals surface area contributed by atoms with E-state index in [9.17, 15) is 9.59 Å². The van der Waals surface area contributed by atoms with E-state index in [2.05, 4.69) is 31.2 Å². The van der Waals surface area contributed by atoms with E-state index in [-0.39, 0.29) is 17.0 Å². The summed E-state index contributed by atoms with van der Waals surface area (Å²) in [5.41, 5.74) is 3.00. The van der Waals surface area contributed by atoms with Crippen LogP contribution in [0.15, 0.2) is 86.5 Å². The quantitative estimate of drug-likeness (QED) is 0.383. The largest absolute Gasteiger partial charge is 0.449 e. The molecule has 0 aliphatic rings. The highest BCUT2D eigenvalue weighted by molar-refractivity contribution is 9.10. The first-order valence-corrected chi connectivity index (χ1v) is 10.4. The Morgan fingerprint density at radius 3 is 2.71 bits per heavy atom. The van der Waals surface area contributed by atoms with Crippen molar-refractivity contribution in [2.45, 2.75) is 6.54 Å². The molecule has 0 radical (unpaired) electrons. The van der Waals surface area contributed by atoms with E-state index in [4.69, 9.17) is 4.42 Å². The summed E-state index contributed by atoms with van der Waals surface area (Å²) < 4.78 is 6.54. The van der Waals surface area contributed by atoms with Crippen molar-refractivity contribution in [2.24, 2.45) is 0 Å². The SMILES string of the molecule is O=C(NCc1ccccc1)c1cccc(-c2nc3c(oc4ccc(Br)cc43)c(=O)[nH]2)c1. The molecular formula is C24H16BrN3O3. The third-order valence-electron chi connectivity index (χ3n) is 4.98. The van der Waals surface area contributed by atoms with Gasteiger partial charge < -0.3 is 14.7 Å². The molecule has 5 aromatic rings. The molecule has 0 unspecified atom stereocenters. The number of furan rings is 1. The molecule has 3 aromatic carbocycles. The highest BCUT2D eigenvalue weighted by Gasteiger charge is 2.15. The lowest BCUT2D eigenvalue weighted by Crippen LogP contribution is -2.22. The lowest BCUT2D eigenvalue weighted by atomic mass is 10.1. The summed E-state index contributed by atoms with van der Waals surface area (Å²) in [5, 5.41) is 3.65. The molecule has 1 amide bonds. The number of amides is 1. The predicted molar refractivity (Wildman–Crippen MR) is 123 cm³/mol. The first-order chi connectivity index (χ1) is 15.1. The molecule has 0 saturated carbocycles. The summed E-state index contributed by atoms with van der Waals surface area (Å²) in [5.74, 6) is 0.171. The summed E-state index contributed by atoms with van der Waals surface area (Å²) in [6.07, 6.45) is 0. The Hall–Kier alpha value is -3.71. The maximum atomic E-state index is 12.6. The Bertz CT molecular complexity index is 1490. The molecule has 0 bridgehead atoms. The fourth-order valence-corrected chi connectivity index (χ4v) is 3.81. The Morgan fingerprint density at radius 1 is 1.03 bits per heavy atom. The van der Waals surface area contributed by atoms with Gasteiger partial charge >= 0.3 is 0 Å². The minimum Gasteiger partial charge on any atom is -0.449 e. The van der Waals surface area contributed by atoms with Crippen LogP contribution in [-0.2, 0) is 6.54 Å². The van der Waals surface area contributed by atoms with Crippen molar-refractivity contribution < 1.29 is 9.21 Å². The van der Waals surface area contributed by atoms with Crippen molar-refractivity contribution in [2.75, 3.05) is 0 Å². The highest BCUT2D eigenvalue weighted by Crippen LogP contribution is 2.29. The zero-order valence-corrected chi connectivity index (χ0v) is 17.8. The van der Waals surface area contributed by atoms with Crippen LogP contribution in [0.25, 0.3) is 33.5 Å². The maximum absolute atomic E-state index is 12.6. The standard InChI is InChI=1S/C24H16BrN3O3/c25-17-9-10-19-18(12-17)20-21(31-19)24(30)28-22(27-20)15-7-4-8-16(11-15)23(29)26-13-14-5-2-1-3-6-14/h1-12H,13H2,(H,26,29)(H,27,28,30). The van der Waals surface area contributed by atoms with Crippen LogP contribution >= 0.6 is 15.9 Å². The third-order valence-corrected chi connectivity index (χ3v) is 5.47. The molecule has 0 aliphatic carbocycles. The van der Waals surface area contributed by atoms with Crippen LogP contribution < -0.4 is 10.9 Å². The smallest absolute Gasteiger partial charge is 0.294 e. The van der Waals surface area contributed by atoms with Gasteiger partial charge in [-0.3, -0.25) is 9.59 Å². The summed E-state index contributed by atoms with van der Waals surface area (Å²) in [6, 6.07) is 22.2. The van der Waals surface area contributed by atoms with E-state index < -0.39 is 0 Å². The Balaban J connectivity index is 1.50. The van der Waals surface area contributed by atoms with E-state index in [0.29, 0.717) is 34.6 Å². The second-order valence-corrected chi connectivity index (χ2v) is 8.00. The number of nitrogens with one attached hydrogen (secondary N) is 2. The Labute approximate surface area is 185 Å². The molecule has 0 saturated heterocycles. The minimum absolute atomic E-state index is 0.175. The van der Waals surface area contributed by atoms with Crippen LogP contribution in [0.5, 0.6) is 0 Å². The van der Waals surface area contributed by atoms with Gasteiger partial charge in [-0.25, -0.2) is 4.98 Å². The molecule has 6 nitrogen and oxygen atoms in total. The second kappa shape index (κ2) is 7.85. The Morgan fingerprint density at radius 2 is 1.87 bits per heavy atom. The Kier molecular flexibility index (Phi) is 4.88. The normalized spacial score (nSPS) is 11.1. The van der Waals surface area contributed by atoms with Crippen molar-refractivity contribution in [1.82, 2.24) is 15.3 Å². The van der Waals surface area contributed by atoms with Gasteiger partial charge in [0.25, 0.3) is 11.5 Å². The lowest BCUT2D eigenvalue weighted by Gasteiger charge is -2.07. The predicted octanol–water partition coefficient (Wildman–Crippen LogP) is 5.03. The number of carbonyl (C=O) groups excluding carboxylic acids is 1. The van der Waals surface area contributed by atoms with E-state index in [1.165, 1.54) is 0 Å². The molecule has 2 heterocycles. The summed E-state index contributed by atoms with van der Waals surface area (Å²) in [4.78, 5) is 32.6. The fourth-order valence-electron chi connectivity index (χ4n) is 3.45. The molecular weight excluding hydrogens is 458 g/mol. The van der Waals surface area contributed by atoms with E-state index in [1.807, 2.05) is 42.5 Å². The summed E-state index contributed by atoms with van der Waals surface area (Å²) in [6.45, 7) is 0.431. The number of halogens is 1. The zero-order chi connectivity index (χ0) is 21.4. The molecule has 5 rings (SSSR count). The molecule has 2 aromatic heterocycles. The van der Waals surface area contributed by atoms with Gasteiger partial charge in [0, 0.05) is 27.5 Å². The van der Waals surface area contributed by atoms with Gasteiger partial charge in [-0.05, 0) is 35.9 Å². The molecule has 31 heavy (non-hydrogen) atoms. The molecule has 0 spiro atoms. The average Bonchev–Trinajstić information content (AvgIpc) is 3.17. The average molecular weight is 474 g/mol. The number of nitrogens with zero attached hydrogens (tertiary/aromatic N) is 1. The number of hydrogen-bond acceptors (Lipinski definition) is 4. The molecule has 0 fully saturated rings. The van der Waals surface area contributed by atoms with Gasteiger partial charge in [-0.1, -0.05) is 58.4 Å². The van der Waals surface area contributed by atoms with Gasteiger partial charge in [0.2, 0.25) is 5.58 Å². The van der Waals surface area contributed by atoms with Gasteiger partial charge in [0.05, 0.1) is 0 Å². The molecule has 7 heteroatoms. The van der Waals surface area contributed by atoms with Crippen LogP contribution in [0.3, 0.4) is 0 Å². The lowest BCUT2D eigenvalue weighted by molar-refractivity contribution is 0.0951. The van der Waals surface area contributed by atoms with E-state index >= 15 is 0 Å². The summed E-state index contributed by atoms with van der Waals surface area (Å²) in [7, 11) is 0. The van der Waals surface area contributed by atoms with Gasteiger partial charge in [0.15, 0.2) is 0 Å². The van der Waals surface area contributed by atoms with Crippen molar-refractivity contribution in [3.63, 3.8) is 0 Å². The molecule has 2 N–H and O–H groups in total.